The van der Waals surface area contributed by atoms with E-state index in [1.165, 1.54) is 0 Å². The average Bonchev–Trinajstić information content (AvgIpc) is 2.93. The number of aromatic nitrogens is 1. The third-order valence-electron chi connectivity index (χ3n) is 4.69. The van der Waals surface area contributed by atoms with Crippen LogP contribution in [0.15, 0.2) is 46.9 Å². The van der Waals surface area contributed by atoms with E-state index in [1.54, 1.807) is 6.92 Å². The van der Waals surface area contributed by atoms with Crippen molar-refractivity contribution in [3.63, 3.8) is 0 Å². The predicted molar refractivity (Wildman–Crippen MR) is 114 cm³/mol. The SMILES string of the molecule is Cc1cc(C)cc(CC(=O)CS(=O)(=O)Cc2nc(-c3ccccc3C)oc2C)c1. The van der Waals surface area contributed by atoms with Crippen molar-refractivity contribution in [3.05, 3.63) is 76.2 Å². The maximum Gasteiger partial charge on any atom is 0.226 e. The van der Waals surface area contributed by atoms with Crippen LogP contribution >= 0.6 is 0 Å². The van der Waals surface area contributed by atoms with Crippen LogP contribution < -0.4 is 0 Å². The minimum Gasteiger partial charge on any atom is -0.441 e. The van der Waals surface area contributed by atoms with Crippen LogP contribution in [-0.2, 0) is 26.8 Å². The lowest BCUT2D eigenvalue weighted by molar-refractivity contribution is -0.116. The standard InChI is InChI=1S/C23H25NO4S/c1-15-9-16(2)11-19(10-15)12-20(25)13-29(26,27)14-22-18(4)28-23(24-22)21-8-6-5-7-17(21)3/h5-11H,12-14H2,1-4H3. The summed E-state index contributed by atoms with van der Waals surface area (Å²) in [5.41, 5.74) is 5.11. The van der Waals surface area contributed by atoms with E-state index in [-0.39, 0.29) is 18.0 Å². The summed E-state index contributed by atoms with van der Waals surface area (Å²) in [7, 11) is -3.65. The highest BCUT2D eigenvalue weighted by atomic mass is 32.2. The number of benzene rings is 2. The number of carbonyl (C=O) groups is 1. The van der Waals surface area contributed by atoms with Crippen LogP contribution in [0.5, 0.6) is 0 Å². The molecule has 5 nitrogen and oxygen atoms in total. The van der Waals surface area contributed by atoms with E-state index in [2.05, 4.69) is 4.98 Å². The molecule has 1 heterocycles. The van der Waals surface area contributed by atoms with Crippen molar-refractivity contribution in [2.45, 2.75) is 39.9 Å². The number of carbonyl (C=O) groups excluding carboxylic acids is 1. The second-order valence-corrected chi connectivity index (χ2v) is 9.64. The van der Waals surface area contributed by atoms with Gasteiger partial charge in [0, 0.05) is 12.0 Å². The highest BCUT2D eigenvalue weighted by Crippen LogP contribution is 2.25. The van der Waals surface area contributed by atoms with Gasteiger partial charge in [0.25, 0.3) is 0 Å². The Hall–Kier alpha value is -2.73. The van der Waals surface area contributed by atoms with Crippen molar-refractivity contribution in [2.75, 3.05) is 5.75 Å². The number of ketones is 1. The van der Waals surface area contributed by atoms with Crippen LogP contribution in [0, 0.1) is 27.7 Å². The van der Waals surface area contributed by atoms with Crippen molar-refractivity contribution in [1.82, 2.24) is 4.98 Å². The summed E-state index contributed by atoms with van der Waals surface area (Å²) < 4.78 is 30.9. The second-order valence-electron chi connectivity index (χ2n) is 7.58. The summed E-state index contributed by atoms with van der Waals surface area (Å²) in [6.07, 6.45) is 0.105. The van der Waals surface area contributed by atoms with Crippen LogP contribution in [0.25, 0.3) is 11.5 Å². The largest absolute Gasteiger partial charge is 0.441 e. The molecule has 0 saturated heterocycles. The van der Waals surface area contributed by atoms with Gasteiger partial charge in [0.1, 0.15) is 11.5 Å². The molecule has 0 amide bonds. The van der Waals surface area contributed by atoms with Gasteiger partial charge in [-0.3, -0.25) is 4.79 Å². The number of aryl methyl sites for hydroxylation is 4. The number of Topliss-reactive ketones (excluding diaryl/α,β-unsaturated/α-hetero) is 1. The first-order valence-electron chi connectivity index (χ1n) is 9.44. The third kappa shape index (κ3) is 5.41. The fourth-order valence-electron chi connectivity index (χ4n) is 3.44. The van der Waals surface area contributed by atoms with Crippen molar-refractivity contribution in [1.29, 1.82) is 0 Å². The molecule has 3 rings (SSSR count). The van der Waals surface area contributed by atoms with Gasteiger partial charge >= 0.3 is 0 Å². The lowest BCUT2D eigenvalue weighted by Gasteiger charge is -2.05. The van der Waals surface area contributed by atoms with Crippen LogP contribution in [-0.4, -0.2) is 24.9 Å². The van der Waals surface area contributed by atoms with Gasteiger partial charge in [-0.2, -0.15) is 0 Å². The monoisotopic (exact) mass is 411 g/mol. The molecular formula is C23H25NO4S. The molecule has 0 N–H and O–H groups in total. The average molecular weight is 412 g/mol. The fraction of sp³-hybridized carbons (Fsp3) is 0.304. The van der Waals surface area contributed by atoms with E-state index >= 15 is 0 Å². The molecular weight excluding hydrogens is 386 g/mol. The molecule has 6 heteroatoms. The first-order valence-corrected chi connectivity index (χ1v) is 11.3. The number of hydrogen-bond acceptors (Lipinski definition) is 5. The molecule has 0 aliphatic heterocycles. The van der Waals surface area contributed by atoms with Gasteiger partial charge in [-0.1, -0.05) is 47.5 Å². The Kier molecular flexibility index (Phi) is 6.03. The van der Waals surface area contributed by atoms with Crippen LogP contribution in [0.3, 0.4) is 0 Å². The zero-order valence-corrected chi connectivity index (χ0v) is 18.0. The Labute approximate surface area is 171 Å². The molecule has 0 radical (unpaired) electrons. The summed E-state index contributed by atoms with van der Waals surface area (Å²) in [6.45, 7) is 7.54. The molecule has 0 bridgehead atoms. The summed E-state index contributed by atoms with van der Waals surface area (Å²) in [5.74, 6) is -0.296. The Bertz CT molecular complexity index is 1140. The molecule has 0 saturated carbocycles. The molecule has 29 heavy (non-hydrogen) atoms. The molecule has 152 valence electrons. The Morgan fingerprint density at radius 1 is 1.00 bits per heavy atom. The van der Waals surface area contributed by atoms with Crippen LogP contribution in [0.4, 0.5) is 0 Å². The molecule has 0 aliphatic rings. The zero-order valence-electron chi connectivity index (χ0n) is 17.2. The van der Waals surface area contributed by atoms with Crippen molar-refractivity contribution < 1.29 is 17.6 Å². The van der Waals surface area contributed by atoms with Gasteiger partial charge in [-0.25, -0.2) is 13.4 Å². The second kappa shape index (κ2) is 8.33. The normalized spacial score (nSPS) is 11.6. The molecule has 0 fully saturated rings. The number of hydrogen-bond donors (Lipinski definition) is 0. The van der Waals surface area contributed by atoms with Gasteiger partial charge in [-0.05, 0) is 44.9 Å². The highest BCUT2D eigenvalue weighted by molar-refractivity contribution is 7.91. The topological polar surface area (TPSA) is 77.2 Å². The quantitative estimate of drug-likeness (QED) is 0.579. The number of sulfone groups is 1. The van der Waals surface area contributed by atoms with Gasteiger partial charge < -0.3 is 4.42 Å². The first kappa shape index (κ1) is 21.0. The summed E-state index contributed by atoms with van der Waals surface area (Å²) in [5, 5.41) is 0. The summed E-state index contributed by atoms with van der Waals surface area (Å²) >= 11 is 0. The first-order chi connectivity index (χ1) is 13.6. The van der Waals surface area contributed by atoms with E-state index in [0.717, 1.165) is 27.8 Å². The molecule has 1 aromatic heterocycles. The van der Waals surface area contributed by atoms with E-state index < -0.39 is 15.6 Å². The van der Waals surface area contributed by atoms with Gasteiger partial charge in [-0.15, -0.1) is 0 Å². The fourth-order valence-corrected chi connectivity index (χ4v) is 4.82. The summed E-state index contributed by atoms with van der Waals surface area (Å²) in [4.78, 5) is 16.8. The number of rotatable bonds is 7. The summed E-state index contributed by atoms with van der Waals surface area (Å²) in [6, 6.07) is 13.5. The molecule has 0 spiro atoms. The number of oxazole rings is 1. The number of nitrogens with zero attached hydrogens (tertiary/aromatic N) is 1. The molecule has 3 aromatic rings. The Balaban J connectivity index is 1.72. The van der Waals surface area contributed by atoms with Crippen molar-refractivity contribution in [3.8, 4) is 11.5 Å². The van der Waals surface area contributed by atoms with Gasteiger partial charge in [0.05, 0.1) is 11.4 Å². The Morgan fingerprint density at radius 3 is 2.31 bits per heavy atom. The smallest absolute Gasteiger partial charge is 0.226 e. The highest BCUT2D eigenvalue weighted by Gasteiger charge is 2.22. The third-order valence-corrected chi connectivity index (χ3v) is 6.16. The zero-order chi connectivity index (χ0) is 21.2. The van der Waals surface area contributed by atoms with E-state index in [4.69, 9.17) is 4.42 Å². The van der Waals surface area contributed by atoms with Crippen LogP contribution in [0.1, 0.15) is 33.7 Å². The molecule has 0 atom stereocenters. The maximum atomic E-state index is 12.6. The van der Waals surface area contributed by atoms with Crippen molar-refractivity contribution >= 4 is 15.6 Å². The lowest BCUT2D eigenvalue weighted by atomic mass is 10.0. The minimum atomic E-state index is -3.65. The van der Waals surface area contributed by atoms with E-state index in [0.29, 0.717) is 17.3 Å². The van der Waals surface area contributed by atoms with E-state index in [9.17, 15) is 13.2 Å². The Morgan fingerprint density at radius 2 is 1.66 bits per heavy atom. The van der Waals surface area contributed by atoms with Gasteiger partial charge in [0.2, 0.25) is 5.89 Å². The van der Waals surface area contributed by atoms with Gasteiger partial charge in [0.15, 0.2) is 15.6 Å². The minimum absolute atomic E-state index is 0.105. The van der Waals surface area contributed by atoms with Crippen LogP contribution in [0.2, 0.25) is 0 Å². The predicted octanol–water partition coefficient (Wildman–Crippen LogP) is 4.30. The maximum absolute atomic E-state index is 12.6. The molecule has 2 aromatic carbocycles. The van der Waals surface area contributed by atoms with E-state index in [1.807, 2.05) is 63.2 Å². The van der Waals surface area contributed by atoms with Crippen molar-refractivity contribution in [2.24, 2.45) is 0 Å². The molecule has 0 aliphatic carbocycles. The molecule has 0 unspecified atom stereocenters. The lowest BCUT2D eigenvalue weighted by Crippen LogP contribution is -2.20.